The lowest BCUT2D eigenvalue weighted by Crippen LogP contribution is -2.32. The van der Waals surface area contributed by atoms with E-state index in [0.29, 0.717) is 46.7 Å². The zero-order valence-corrected chi connectivity index (χ0v) is 25.7. The number of para-hydroxylation sites is 1. The molecule has 40 heavy (non-hydrogen) atoms. The van der Waals surface area contributed by atoms with Gasteiger partial charge in [-0.15, -0.1) is 0 Å². The summed E-state index contributed by atoms with van der Waals surface area (Å²) in [5, 5.41) is 13.5. The summed E-state index contributed by atoms with van der Waals surface area (Å²) < 4.78 is 33.0. The zero-order valence-electron chi connectivity index (χ0n) is 23.3. The minimum absolute atomic E-state index is 0.0764. The molecule has 4 rings (SSSR count). The maximum absolute atomic E-state index is 13.5. The smallest absolute Gasteiger partial charge is 0.229 e. The van der Waals surface area contributed by atoms with Gasteiger partial charge >= 0.3 is 0 Å². The molecule has 1 heterocycles. The molecule has 0 saturated carbocycles. The van der Waals surface area contributed by atoms with Crippen molar-refractivity contribution < 1.29 is 17.9 Å². The molecule has 3 unspecified atom stereocenters. The number of hydrogen-bond donors (Lipinski definition) is 2. The van der Waals surface area contributed by atoms with Gasteiger partial charge in [0.25, 0.3) is 0 Å². The second kappa shape index (κ2) is 12.6. The maximum atomic E-state index is 13.5. The minimum atomic E-state index is -3.44. The van der Waals surface area contributed by atoms with E-state index in [1.54, 1.807) is 12.1 Å². The number of hydrogen-bond acceptors (Lipinski definition) is 7. The Bertz CT molecular complexity index is 1510. The summed E-state index contributed by atoms with van der Waals surface area (Å²) in [4.78, 5) is 18.2. The van der Waals surface area contributed by atoms with Crippen LogP contribution in [0.2, 0.25) is 0 Å². The number of rotatable bonds is 10. The average Bonchev–Trinajstić information content (AvgIpc) is 2.87. The molecule has 0 amide bonds. The van der Waals surface area contributed by atoms with Crippen molar-refractivity contribution in [1.82, 2.24) is 0 Å². The van der Waals surface area contributed by atoms with E-state index in [4.69, 9.17) is 9.73 Å². The molecule has 1 aliphatic carbocycles. The Balaban J connectivity index is 1.72. The van der Waals surface area contributed by atoms with E-state index in [1.165, 1.54) is 0 Å². The predicted molar refractivity (Wildman–Crippen MR) is 162 cm³/mol. The van der Waals surface area contributed by atoms with E-state index < -0.39 is 21.9 Å². The normalized spacial score (nSPS) is 20.9. The topological polar surface area (TPSA) is 121 Å². The standard InChI is InChI=1S/C30H35BrN4O4S/c1-5-9-19-12-25-29(26(36)13-19)28(22(16-32)18(3)34-25)21-14-23(31)30(27(15-21)39-6-2)33-17-20-10-7-8-11-24(20)35-40(4,37)38/h7-8,10-11,14-15,19,22,28,33,35H,5-6,9,12-13,17H2,1-4H3. The Hall–Kier alpha value is -3.16. The van der Waals surface area contributed by atoms with Crippen LogP contribution in [0.5, 0.6) is 5.75 Å². The van der Waals surface area contributed by atoms with Crippen LogP contribution in [-0.4, -0.2) is 32.8 Å². The van der Waals surface area contributed by atoms with E-state index in [2.05, 4.69) is 39.0 Å². The first-order chi connectivity index (χ1) is 19.1. The van der Waals surface area contributed by atoms with Crippen molar-refractivity contribution in [2.45, 2.75) is 58.9 Å². The van der Waals surface area contributed by atoms with Gasteiger partial charge in [0.1, 0.15) is 5.75 Å². The molecule has 0 radical (unpaired) electrons. The first-order valence-corrected chi connectivity index (χ1v) is 16.2. The first kappa shape index (κ1) is 29.8. The number of nitrogens with zero attached hydrogens (tertiary/aromatic N) is 2. The number of sulfonamides is 1. The third-order valence-electron chi connectivity index (χ3n) is 7.31. The number of Topliss-reactive ketones (excluding diaryl/α,β-unsaturated/α-hetero) is 1. The second-order valence-electron chi connectivity index (χ2n) is 10.4. The number of carbonyl (C=O) groups excluding carboxylic acids is 1. The fourth-order valence-corrected chi connectivity index (χ4v) is 6.85. The van der Waals surface area contributed by atoms with Crippen LogP contribution in [0.15, 0.2) is 57.1 Å². The quantitative estimate of drug-likeness (QED) is 0.308. The van der Waals surface area contributed by atoms with Crippen LogP contribution in [0, 0.1) is 23.2 Å². The SMILES string of the molecule is CCCC1CC(=O)C2=C(C1)N=C(C)C(C#N)C2c1cc(Br)c(NCc2ccccc2NS(C)(=O)=O)c(OCC)c1. The highest BCUT2D eigenvalue weighted by atomic mass is 79.9. The Labute approximate surface area is 245 Å². The van der Waals surface area contributed by atoms with Crippen molar-refractivity contribution in [3.63, 3.8) is 0 Å². The predicted octanol–water partition coefficient (Wildman–Crippen LogP) is 6.56. The lowest BCUT2D eigenvalue weighted by atomic mass is 9.70. The molecule has 0 bridgehead atoms. The number of ether oxygens (including phenoxy) is 1. The van der Waals surface area contributed by atoms with Gasteiger partial charge in [-0.1, -0.05) is 31.5 Å². The number of nitrogens with one attached hydrogen (secondary N) is 2. The van der Waals surface area contributed by atoms with Crippen LogP contribution in [0.4, 0.5) is 11.4 Å². The van der Waals surface area contributed by atoms with Crippen LogP contribution in [0.25, 0.3) is 0 Å². The van der Waals surface area contributed by atoms with Crippen molar-refractivity contribution in [2.24, 2.45) is 16.8 Å². The van der Waals surface area contributed by atoms with Gasteiger partial charge in [-0.05, 0) is 77.9 Å². The van der Waals surface area contributed by atoms with Crippen molar-refractivity contribution >= 4 is 48.8 Å². The van der Waals surface area contributed by atoms with Gasteiger partial charge in [0, 0.05) is 40.3 Å². The minimum Gasteiger partial charge on any atom is -0.492 e. The van der Waals surface area contributed by atoms with Crippen LogP contribution in [0.3, 0.4) is 0 Å². The van der Waals surface area contributed by atoms with Crippen molar-refractivity contribution in [2.75, 3.05) is 22.9 Å². The fourth-order valence-electron chi connectivity index (χ4n) is 5.66. The summed E-state index contributed by atoms with van der Waals surface area (Å²) in [5.74, 6) is -0.0557. The number of halogens is 1. The summed E-state index contributed by atoms with van der Waals surface area (Å²) in [5.41, 5.74) is 4.96. The lowest BCUT2D eigenvalue weighted by molar-refractivity contribution is -0.117. The lowest BCUT2D eigenvalue weighted by Gasteiger charge is -2.35. The molecule has 1 aliphatic heterocycles. The molecule has 8 nitrogen and oxygen atoms in total. The van der Waals surface area contributed by atoms with Crippen molar-refractivity contribution in [1.29, 1.82) is 5.26 Å². The zero-order chi connectivity index (χ0) is 29.0. The third-order valence-corrected chi connectivity index (χ3v) is 8.53. The number of benzene rings is 2. The molecule has 212 valence electrons. The molecule has 0 saturated heterocycles. The molecular weight excluding hydrogens is 592 g/mol. The van der Waals surface area contributed by atoms with E-state index >= 15 is 0 Å². The first-order valence-electron chi connectivity index (χ1n) is 13.5. The molecule has 2 aromatic carbocycles. The molecular formula is C30H35BrN4O4S. The molecule has 0 aromatic heterocycles. The van der Waals surface area contributed by atoms with E-state index in [0.717, 1.165) is 48.1 Å². The van der Waals surface area contributed by atoms with Gasteiger partial charge in [0.15, 0.2) is 5.78 Å². The van der Waals surface area contributed by atoms with Gasteiger partial charge in [0.05, 0.1) is 36.2 Å². The summed E-state index contributed by atoms with van der Waals surface area (Å²) in [7, 11) is -3.44. The molecule has 0 spiro atoms. The number of anilines is 2. The van der Waals surface area contributed by atoms with Gasteiger partial charge in [-0.25, -0.2) is 8.42 Å². The molecule has 10 heteroatoms. The fraction of sp³-hybridized carbons (Fsp3) is 0.433. The highest BCUT2D eigenvalue weighted by Crippen LogP contribution is 2.47. The molecule has 3 atom stereocenters. The second-order valence-corrected chi connectivity index (χ2v) is 13.0. The van der Waals surface area contributed by atoms with E-state index in [-0.39, 0.29) is 11.7 Å². The van der Waals surface area contributed by atoms with Crippen LogP contribution >= 0.6 is 15.9 Å². The largest absolute Gasteiger partial charge is 0.492 e. The van der Waals surface area contributed by atoms with Crippen LogP contribution in [0.1, 0.15) is 63.5 Å². The molecule has 0 fully saturated rings. The van der Waals surface area contributed by atoms with Crippen LogP contribution < -0.4 is 14.8 Å². The van der Waals surface area contributed by atoms with Gasteiger partial charge in [-0.2, -0.15) is 5.26 Å². The summed E-state index contributed by atoms with van der Waals surface area (Å²) in [6.45, 7) is 6.63. The number of ketones is 1. The van der Waals surface area contributed by atoms with Crippen molar-refractivity contribution in [3.8, 4) is 11.8 Å². The Kier molecular flexibility index (Phi) is 9.37. The average molecular weight is 628 g/mol. The highest BCUT2D eigenvalue weighted by molar-refractivity contribution is 9.10. The summed E-state index contributed by atoms with van der Waals surface area (Å²) >= 11 is 3.70. The number of aliphatic imine (C=N–C) groups is 1. The van der Waals surface area contributed by atoms with Crippen molar-refractivity contribution in [3.05, 3.63) is 63.3 Å². The third kappa shape index (κ3) is 6.58. The Morgan fingerprint density at radius 3 is 2.62 bits per heavy atom. The summed E-state index contributed by atoms with van der Waals surface area (Å²) in [6, 6.07) is 13.4. The van der Waals surface area contributed by atoms with E-state index in [9.17, 15) is 18.5 Å². The monoisotopic (exact) mass is 626 g/mol. The molecule has 2 N–H and O–H groups in total. The number of carbonyl (C=O) groups is 1. The summed E-state index contributed by atoms with van der Waals surface area (Å²) in [6.07, 6.45) is 4.35. The number of allylic oxidation sites excluding steroid dienone is 2. The molecule has 2 aliphatic rings. The maximum Gasteiger partial charge on any atom is 0.229 e. The van der Waals surface area contributed by atoms with Crippen LogP contribution in [-0.2, 0) is 21.4 Å². The van der Waals surface area contributed by atoms with Gasteiger partial charge in [0.2, 0.25) is 10.0 Å². The highest BCUT2D eigenvalue weighted by Gasteiger charge is 2.41. The Morgan fingerprint density at radius 2 is 1.95 bits per heavy atom. The van der Waals surface area contributed by atoms with E-state index in [1.807, 2.05) is 38.1 Å². The molecule has 2 aromatic rings. The number of nitriles is 1. The van der Waals surface area contributed by atoms with Gasteiger partial charge in [-0.3, -0.25) is 14.5 Å². The van der Waals surface area contributed by atoms with Gasteiger partial charge < -0.3 is 10.1 Å². The Morgan fingerprint density at radius 1 is 1.20 bits per heavy atom.